The van der Waals surface area contributed by atoms with Gasteiger partial charge in [0.2, 0.25) is 0 Å². The third kappa shape index (κ3) is 3.44. The number of aryl methyl sites for hydroxylation is 1. The van der Waals surface area contributed by atoms with E-state index in [4.69, 9.17) is 9.47 Å². The molecule has 0 aliphatic heterocycles. The lowest BCUT2D eigenvalue weighted by Crippen LogP contribution is -2.12. The van der Waals surface area contributed by atoms with Gasteiger partial charge in [-0.3, -0.25) is 0 Å². The second kappa shape index (κ2) is 8.61. The molecule has 6 heteroatoms. The van der Waals surface area contributed by atoms with E-state index in [1.807, 2.05) is 38.6 Å². The van der Waals surface area contributed by atoms with Gasteiger partial charge in [-0.05, 0) is 54.7 Å². The Hall–Kier alpha value is -2.60. The predicted octanol–water partition coefficient (Wildman–Crippen LogP) is 4.89. The van der Waals surface area contributed by atoms with Gasteiger partial charge in [0.15, 0.2) is 11.5 Å². The minimum atomic E-state index is 0. The van der Waals surface area contributed by atoms with Crippen LogP contribution in [0.15, 0.2) is 36.4 Å². The van der Waals surface area contributed by atoms with Gasteiger partial charge >= 0.3 is 0 Å². The molecule has 0 saturated heterocycles. The number of fused-ring (bicyclic) bond motifs is 1. The molecular weight excluding hydrogens is 352 g/mol. The highest BCUT2D eigenvalue weighted by Crippen LogP contribution is 2.59. The number of rotatable bonds is 5. The Kier molecular flexibility index (Phi) is 6.67. The van der Waals surface area contributed by atoms with Crippen LogP contribution < -0.4 is 15.6 Å². The fourth-order valence-electron chi connectivity index (χ4n) is 3.94. The highest BCUT2D eigenvalue weighted by atomic mass is 16.5. The molecule has 3 N–H and O–H groups in total. The van der Waals surface area contributed by atoms with Crippen LogP contribution in [0.2, 0.25) is 0 Å². The topological polar surface area (TPSA) is 84.2 Å². The largest absolute Gasteiger partial charge is 0.493 e. The molecule has 1 aromatic heterocycles. The van der Waals surface area contributed by atoms with E-state index in [0.717, 1.165) is 29.0 Å². The first-order chi connectivity index (χ1) is 13.1. The molecule has 0 amide bonds. The van der Waals surface area contributed by atoms with Gasteiger partial charge in [-0.25, -0.2) is 4.68 Å². The lowest BCUT2D eigenvalue weighted by atomic mass is 9.85. The highest BCUT2D eigenvalue weighted by molar-refractivity contribution is 5.76. The molecular formula is C22H32N4O2. The average molecular weight is 385 g/mol. The first kappa shape index (κ1) is 21.7. The standard InChI is InChI=1S/C20H23N3O2.C2H6.H3N/c1-5-25-19-11-15(7-9-18(19)24-4)20(12-13(20)2)14-6-8-17-16(10-14)21-22-23(17)3;1-2;/h6-11,13H,5,12H2,1-4H3;1-2H3;1H3. The van der Waals surface area contributed by atoms with Gasteiger partial charge in [0.25, 0.3) is 0 Å². The number of hydrogen-bond donors (Lipinski definition) is 1. The van der Waals surface area contributed by atoms with Crippen molar-refractivity contribution in [1.29, 1.82) is 0 Å². The zero-order valence-electron chi connectivity index (χ0n) is 17.8. The number of methoxy groups -OCH3 is 1. The van der Waals surface area contributed by atoms with Gasteiger partial charge in [0.1, 0.15) is 5.52 Å². The molecule has 3 aromatic rings. The molecule has 6 nitrogen and oxygen atoms in total. The van der Waals surface area contributed by atoms with Crippen molar-refractivity contribution in [3.63, 3.8) is 0 Å². The summed E-state index contributed by atoms with van der Waals surface area (Å²) >= 11 is 0. The summed E-state index contributed by atoms with van der Waals surface area (Å²) < 4.78 is 13.0. The molecule has 1 aliphatic rings. The molecule has 1 fully saturated rings. The number of hydrogen-bond acceptors (Lipinski definition) is 5. The maximum absolute atomic E-state index is 5.79. The van der Waals surface area contributed by atoms with Crippen molar-refractivity contribution in [1.82, 2.24) is 21.1 Å². The SMILES string of the molecule is CC.CCOc1cc(C2(c3ccc4c(c3)nnn4C)CC2C)ccc1OC.N. The minimum Gasteiger partial charge on any atom is -0.493 e. The molecule has 2 atom stereocenters. The van der Waals surface area contributed by atoms with Crippen LogP contribution in [0.5, 0.6) is 11.5 Å². The number of aromatic nitrogens is 3. The van der Waals surface area contributed by atoms with Crippen LogP contribution in [0.1, 0.15) is 45.2 Å². The van der Waals surface area contributed by atoms with E-state index < -0.39 is 0 Å². The number of ether oxygens (including phenoxy) is 2. The molecule has 2 unspecified atom stereocenters. The van der Waals surface area contributed by atoms with E-state index in [1.54, 1.807) is 7.11 Å². The van der Waals surface area contributed by atoms with Crippen molar-refractivity contribution in [2.24, 2.45) is 13.0 Å². The van der Waals surface area contributed by atoms with Crippen molar-refractivity contribution in [2.45, 2.75) is 39.5 Å². The fraction of sp³-hybridized carbons (Fsp3) is 0.455. The van der Waals surface area contributed by atoms with Gasteiger partial charge in [0.05, 0.1) is 19.2 Å². The van der Waals surface area contributed by atoms with Crippen LogP contribution in [0.3, 0.4) is 0 Å². The second-order valence-electron chi connectivity index (χ2n) is 6.79. The molecule has 0 spiro atoms. The lowest BCUT2D eigenvalue weighted by molar-refractivity contribution is 0.310. The van der Waals surface area contributed by atoms with E-state index in [2.05, 4.69) is 47.6 Å². The van der Waals surface area contributed by atoms with Crippen LogP contribution in [0.4, 0.5) is 0 Å². The van der Waals surface area contributed by atoms with Gasteiger partial charge in [-0.2, -0.15) is 0 Å². The summed E-state index contributed by atoms with van der Waals surface area (Å²) in [7, 11) is 3.59. The van der Waals surface area contributed by atoms with E-state index in [1.165, 1.54) is 11.1 Å². The molecule has 0 bridgehead atoms. The summed E-state index contributed by atoms with van der Waals surface area (Å²) in [4.78, 5) is 0. The first-order valence-corrected chi connectivity index (χ1v) is 9.71. The normalized spacial score (nSPS) is 20.0. The number of nitrogens with zero attached hydrogens (tertiary/aromatic N) is 3. The van der Waals surface area contributed by atoms with Gasteiger partial charge in [-0.15, -0.1) is 5.10 Å². The van der Waals surface area contributed by atoms with Crippen molar-refractivity contribution in [2.75, 3.05) is 13.7 Å². The van der Waals surface area contributed by atoms with Crippen LogP contribution in [-0.4, -0.2) is 28.7 Å². The summed E-state index contributed by atoms with van der Waals surface area (Å²) in [6.45, 7) is 8.91. The molecule has 28 heavy (non-hydrogen) atoms. The summed E-state index contributed by atoms with van der Waals surface area (Å²) in [6.07, 6.45) is 1.12. The molecule has 1 aliphatic carbocycles. The van der Waals surface area contributed by atoms with Crippen molar-refractivity contribution < 1.29 is 9.47 Å². The van der Waals surface area contributed by atoms with Crippen molar-refractivity contribution in [3.05, 3.63) is 47.5 Å². The molecule has 4 rings (SSSR count). The maximum Gasteiger partial charge on any atom is 0.161 e. The molecule has 1 saturated carbocycles. The third-order valence-corrected chi connectivity index (χ3v) is 5.41. The lowest BCUT2D eigenvalue weighted by Gasteiger charge is -2.20. The van der Waals surface area contributed by atoms with Crippen molar-refractivity contribution >= 4 is 11.0 Å². The quantitative estimate of drug-likeness (QED) is 0.677. The van der Waals surface area contributed by atoms with E-state index in [-0.39, 0.29) is 11.6 Å². The summed E-state index contributed by atoms with van der Waals surface area (Å²) in [6, 6.07) is 12.8. The Morgan fingerprint density at radius 1 is 1.11 bits per heavy atom. The highest BCUT2D eigenvalue weighted by Gasteiger charge is 2.53. The minimum absolute atomic E-state index is 0. The second-order valence-corrected chi connectivity index (χ2v) is 6.79. The monoisotopic (exact) mass is 384 g/mol. The van der Waals surface area contributed by atoms with E-state index in [9.17, 15) is 0 Å². The van der Waals surface area contributed by atoms with Gasteiger partial charge < -0.3 is 15.6 Å². The summed E-state index contributed by atoms with van der Waals surface area (Å²) in [5.74, 6) is 2.16. The van der Waals surface area contributed by atoms with Gasteiger partial charge in [-0.1, -0.05) is 38.1 Å². The third-order valence-electron chi connectivity index (χ3n) is 5.41. The molecule has 0 radical (unpaired) electrons. The maximum atomic E-state index is 5.79. The average Bonchev–Trinajstić information content (AvgIpc) is 3.26. The zero-order valence-corrected chi connectivity index (χ0v) is 17.8. The predicted molar refractivity (Wildman–Crippen MR) is 114 cm³/mol. The molecule has 2 aromatic carbocycles. The smallest absolute Gasteiger partial charge is 0.161 e. The molecule has 1 heterocycles. The number of benzene rings is 2. The van der Waals surface area contributed by atoms with Gasteiger partial charge in [0, 0.05) is 12.5 Å². The Morgan fingerprint density at radius 3 is 2.36 bits per heavy atom. The molecule has 152 valence electrons. The fourth-order valence-corrected chi connectivity index (χ4v) is 3.94. The van der Waals surface area contributed by atoms with Crippen LogP contribution in [-0.2, 0) is 12.5 Å². The Morgan fingerprint density at radius 2 is 1.75 bits per heavy atom. The first-order valence-electron chi connectivity index (χ1n) is 9.71. The Labute approximate surface area is 167 Å². The van der Waals surface area contributed by atoms with Crippen LogP contribution in [0.25, 0.3) is 11.0 Å². The Bertz CT molecular complexity index is 937. The van der Waals surface area contributed by atoms with Crippen LogP contribution in [0, 0.1) is 5.92 Å². The summed E-state index contributed by atoms with van der Waals surface area (Å²) in [5, 5.41) is 8.40. The van der Waals surface area contributed by atoms with E-state index in [0.29, 0.717) is 12.5 Å². The van der Waals surface area contributed by atoms with Crippen LogP contribution >= 0.6 is 0 Å². The van der Waals surface area contributed by atoms with E-state index >= 15 is 0 Å². The Balaban J connectivity index is 0.000000906. The zero-order chi connectivity index (χ0) is 19.6. The van der Waals surface area contributed by atoms with Crippen molar-refractivity contribution in [3.8, 4) is 11.5 Å². The summed E-state index contributed by atoms with van der Waals surface area (Å²) in [5.41, 5.74) is 4.58.